The smallest absolute Gasteiger partial charge is 0.0639 e. The van der Waals surface area contributed by atoms with Gasteiger partial charge in [-0.25, -0.2) is 0 Å². The first-order chi connectivity index (χ1) is 8.17. The molecule has 2 atom stereocenters. The maximum atomic E-state index is 9.47. The van der Waals surface area contributed by atoms with E-state index < -0.39 is 0 Å². The predicted octanol–water partition coefficient (Wildman–Crippen LogP) is 0.536. The third kappa shape index (κ3) is 5.34. The summed E-state index contributed by atoms with van der Waals surface area (Å²) in [5, 5.41) is 18.3. The molecule has 1 saturated heterocycles. The van der Waals surface area contributed by atoms with Crippen molar-refractivity contribution < 1.29 is 10.2 Å². The molecule has 0 aromatic heterocycles. The molecule has 0 unspecified atom stereocenters. The van der Waals surface area contributed by atoms with E-state index >= 15 is 0 Å². The Labute approximate surface area is 105 Å². The van der Waals surface area contributed by atoms with E-state index in [0.717, 1.165) is 52.0 Å². The number of aliphatic hydroxyl groups is 2. The summed E-state index contributed by atoms with van der Waals surface area (Å²) >= 11 is 0. The van der Waals surface area contributed by atoms with Crippen molar-refractivity contribution in [1.82, 2.24) is 9.80 Å². The van der Waals surface area contributed by atoms with Gasteiger partial charge in [0, 0.05) is 38.8 Å². The Morgan fingerprint density at radius 2 is 2.06 bits per heavy atom. The SMILES string of the molecule is CC[C@@H]1CN(CCCCO)CCN1C[C@H](C)O. The minimum Gasteiger partial charge on any atom is -0.396 e. The lowest BCUT2D eigenvalue weighted by Crippen LogP contribution is -2.54. The van der Waals surface area contributed by atoms with E-state index in [9.17, 15) is 5.11 Å². The molecule has 0 spiro atoms. The van der Waals surface area contributed by atoms with Crippen LogP contribution in [0.3, 0.4) is 0 Å². The third-order valence-electron chi connectivity index (χ3n) is 3.54. The van der Waals surface area contributed by atoms with Crippen LogP contribution in [0.4, 0.5) is 0 Å². The molecule has 0 amide bonds. The Hall–Kier alpha value is -0.160. The number of unbranched alkanes of at least 4 members (excludes halogenated alkanes) is 1. The second-order valence-corrected chi connectivity index (χ2v) is 5.14. The van der Waals surface area contributed by atoms with Gasteiger partial charge in [-0.15, -0.1) is 0 Å². The lowest BCUT2D eigenvalue weighted by Gasteiger charge is -2.41. The van der Waals surface area contributed by atoms with Crippen LogP contribution in [0, 0.1) is 0 Å². The monoisotopic (exact) mass is 244 g/mol. The standard InChI is InChI=1S/C13H28N2O2/c1-3-13-11-14(6-4-5-9-16)7-8-15(13)10-12(2)17/h12-13,16-17H,3-11H2,1-2H3/t12-,13+/m0/s1. The van der Waals surface area contributed by atoms with E-state index in [2.05, 4.69) is 16.7 Å². The third-order valence-corrected chi connectivity index (χ3v) is 3.54. The molecule has 0 radical (unpaired) electrons. The minimum absolute atomic E-state index is 0.231. The summed E-state index contributed by atoms with van der Waals surface area (Å²) in [5.74, 6) is 0. The van der Waals surface area contributed by atoms with Crippen LogP contribution in [-0.2, 0) is 0 Å². The first-order valence-corrected chi connectivity index (χ1v) is 6.92. The number of hydrogen-bond donors (Lipinski definition) is 2. The fraction of sp³-hybridized carbons (Fsp3) is 1.00. The van der Waals surface area contributed by atoms with E-state index in [1.807, 2.05) is 6.92 Å². The molecule has 1 fully saturated rings. The summed E-state index contributed by atoms with van der Waals surface area (Å²) < 4.78 is 0. The van der Waals surface area contributed by atoms with Crippen LogP contribution in [0.5, 0.6) is 0 Å². The number of aliphatic hydroxyl groups excluding tert-OH is 2. The van der Waals surface area contributed by atoms with Gasteiger partial charge >= 0.3 is 0 Å². The predicted molar refractivity (Wildman–Crippen MR) is 70.1 cm³/mol. The van der Waals surface area contributed by atoms with E-state index in [-0.39, 0.29) is 6.10 Å². The minimum atomic E-state index is -0.231. The summed E-state index contributed by atoms with van der Waals surface area (Å²) in [5.41, 5.74) is 0. The number of hydrogen-bond acceptors (Lipinski definition) is 4. The molecule has 17 heavy (non-hydrogen) atoms. The molecule has 0 aromatic carbocycles. The van der Waals surface area contributed by atoms with E-state index in [0.29, 0.717) is 12.6 Å². The van der Waals surface area contributed by atoms with E-state index in [4.69, 9.17) is 5.11 Å². The van der Waals surface area contributed by atoms with E-state index in [1.54, 1.807) is 0 Å². The van der Waals surface area contributed by atoms with Crippen molar-refractivity contribution in [2.24, 2.45) is 0 Å². The number of β-amino-alcohol motifs (C(OH)–C–C–N with tert-alkyl or cyclic N) is 1. The van der Waals surface area contributed by atoms with Crippen LogP contribution < -0.4 is 0 Å². The van der Waals surface area contributed by atoms with Crippen LogP contribution in [0.1, 0.15) is 33.1 Å². The summed E-state index contributed by atoms with van der Waals surface area (Å²) in [4.78, 5) is 4.90. The zero-order valence-corrected chi connectivity index (χ0v) is 11.3. The first-order valence-electron chi connectivity index (χ1n) is 6.92. The maximum Gasteiger partial charge on any atom is 0.0639 e. The van der Waals surface area contributed by atoms with Gasteiger partial charge in [-0.3, -0.25) is 4.90 Å². The lowest BCUT2D eigenvalue weighted by molar-refractivity contribution is 0.0357. The average molecular weight is 244 g/mol. The number of rotatable bonds is 7. The molecule has 4 nitrogen and oxygen atoms in total. The molecule has 1 heterocycles. The second kappa shape index (κ2) is 8.03. The van der Waals surface area contributed by atoms with E-state index in [1.165, 1.54) is 0 Å². The van der Waals surface area contributed by atoms with Gasteiger partial charge < -0.3 is 15.1 Å². The Morgan fingerprint density at radius 1 is 1.29 bits per heavy atom. The van der Waals surface area contributed by atoms with Gasteiger partial charge in [-0.2, -0.15) is 0 Å². The molecule has 2 N–H and O–H groups in total. The van der Waals surface area contributed by atoms with Crippen LogP contribution in [0.15, 0.2) is 0 Å². The summed E-state index contributed by atoms with van der Waals surface area (Å²) in [7, 11) is 0. The fourth-order valence-electron chi connectivity index (χ4n) is 2.57. The molecule has 0 aliphatic carbocycles. The molecular weight excluding hydrogens is 216 g/mol. The van der Waals surface area contributed by atoms with Crippen molar-refractivity contribution in [2.75, 3.05) is 39.3 Å². The quantitative estimate of drug-likeness (QED) is 0.642. The van der Waals surface area contributed by atoms with Gasteiger partial charge in [0.1, 0.15) is 0 Å². The molecule has 0 saturated carbocycles. The Kier molecular flexibility index (Phi) is 7.04. The van der Waals surface area contributed by atoms with Crippen molar-refractivity contribution in [1.29, 1.82) is 0 Å². The highest BCUT2D eigenvalue weighted by Gasteiger charge is 2.25. The number of piperazine rings is 1. The van der Waals surface area contributed by atoms with Crippen molar-refractivity contribution >= 4 is 0 Å². The highest BCUT2D eigenvalue weighted by molar-refractivity contribution is 4.82. The molecule has 0 aromatic rings. The molecule has 4 heteroatoms. The molecule has 1 aliphatic heterocycles. The first kappa shape index (κ1) is 14.9. The van der Waals surface area contributed by atoms with Crippen molar-refractivity contribution in [3.05, 3.63) is 0 Å². The maximum absolute atomic E-state index is 9.47. The highest BCUT2D eigenvalue weighted by Crippen LogP contribution is 2.13. The van der Waals surface area contributed by atoms with Gasteiger partial charge in [0.25, 0.3) is 0 Å². The molecule has 1 rings (SSSR count). The Morgan fingerprint density at radius 3 is 2.65 bits per heavy atom. The van der Waals surface area contributed by atoms with Gasteiger partial charge in [0.05, 0.1) is 6.10 Å². The molecular formula is C13H28N2O2. The zero-order valence-electron chi connectivity index (χ0n) is 11.3. The van der Waals surface area contributed by atoms with Gasteiger partial charge in [-0.05, 0) is 32.7 Å². The van der Waals surface area contributed by atoms with Crippen LogP contribution >= 0.6 is 0 Å². The highest BCUT2D eigenvalue weighted by atomic mass is 16.3. The summed E-state index contributed by atoms with van der Waals surface area (Å²) in [6, 6.07) is 0.576. The Balaban J connectivity index is 2.32. The summed E-state index contributed by atoms with van der Waals surface area (Å²) in [6.45, 7) is 9.53. The Bertz CT molecular complexity index is 200. The largest absolute Gasteiger partial charge is 0.396 e. The van der Waals surface area contributed by atoms with Gasteiger partial charge in [0.15, 0.2) is 0 Å². The van der Waals surface area contributed by atoms with Crippen LogP contribution in [0.25, 0.3) is 0 Å². The van der Waals surface area contributed by atoms with Crippen molar-refractivity contribution in [3.8, 4) is 0 Å². The topological polar surface area (TPSA) is 46.9 Å². The molecule has 0 bridgehead atoms. The van der Waals surface area contributed by atoms with Gasteiger partial charge in [0.2, 0.25) is 0 Å². The van der Waals surface area contributed by atoms with Crippen molar-refractivity contribution in [2.45, 2.75) is 45.3 Å². The fourth-order valence-corrected chi connectivity index (χ4v) is 2.57. The van der Waals surface area contributed by atoms with Crippen molar-refractivity contribution in [3.63, 3.8) is 0 Å². The van der Waals surface area contributed by atoms with Gasteiger partial charge in [-0.1, -0.05) is 6.92 Å². The average Bonchev–Trinajstić information content (AvgIpc) is 2.30. The second-order valence-electron chi connectivity index (χ2n) is 5.14. The normalized spacial score (nSPS) is 25.1. The summed E-state index contributed by atoms with van der Waals surface area (Å²) in [6.07, 6.45) is 2.90. The molecule has 1 aliphatic rings. The lowest BCUT2D eigenvalue weighted by atomic mass is 10.1. The molecule has 102 valence electrons. The zero-order chi connectivity index (χ0) is 12.7. The van der Waals surface area contributed by atoms with Crippen LogP contribution in [0.2, 0.25) is 0 Å². The van der Waals surface area contributed by atoms with Crippen LogP contribution in [-0.4, -0.2) is 71.5 Å². The number of nitrogens with zero attached hydrogens (tertiary/aromatic N) is 2.